The van der Waals surface area contributed by atoms with E-state index in [1.807, 2.05) is 42.5 Å². The van der Waals surface area contributed by atoms with E-state index in [9.17, 15) is 4.79 Å². The largest absolute Gasteiger partial charge is 0.496 e. The number of anilines is 1. The highest BCUT2D eigenvalue weighted by atomic mass is 16.5. The third-order valence-corrected chi connectivity index (χ3v) is 4.69. The summed E-state index contributed by atoms with van der Waals surface area (Å²) in [5, 5.41) is 11.3. The summed E-state index contributed by atoms with van der Waals surface area (Å²) in [6.07, 6.45) is 3.10. The summed E-state index contributed by atoms with van der Waals surface area (Å²) in [4.78, 5) is 21.1. The number of nitrogens with one attached hydrogen (secondary N) is 1. The van der Waals surface area contributed by atoms with Crippen LogP contribution in [0, 0.1) is 0 Å². The minimum absolute atomic E-state index is 0.111. The van der Waals surface area contributed by atoms with Crippen LogP contribution in [0.3, 0.4) is 0 Å². The smallest absolute Gasteiger partial charge is 0.226 e. The zero-order chi connectivity index (χ0) is 21.6. The minimum Gasteiger partial charge on any atom is -0.496 e. The van der Waals surface area contributed by atoms with Crippen molar-refractivity contribution in [2.45, 2.75) is 19.3 Å². The summed E-state index contributed by atoms with van der Waals surface area (Å²) in [6, 6.07) is 14.9. The second-order valence-corrected chi connectivity index (χ2v) is 6.87. The predicted molar refractivity (Wildman–Crippen MR) is 114 cm³/mol. The van der Waals surface area contributed by atoms with Crippen LogP contribution in [-0.4, -0.2) is 37.9 Å². The second-order valence-electron chi connectivity index (χ2n) is 6.87. The standard InChI is InChI=1S/C22H22N6O3/c1-28-19(14-17(26-28)16-9-5-6-13-23-16)24-20(29)11-7-12-21-25-22(27-31-21)15-8-3-4-10-18(15)30-2/h3-6,8-10,13-14H,7,11-12H2,1-2H3,(H,24,29). The molecule has 1 N–H and O–H groups in total. The van der Waals surface area contributed by atoms with Gasteiger partial charge in [-0.25, -0.2) is 0 Å². The number of hydrogen-bond acceptors (Lipinski definition) is 7. The van der Waals surface area contributed by atoms with E-state index in [1.165, 1.54) is 0 Å². The topological polar surface area (TPSA) is 108 Å². The number of carbonyl (C=O) groups excluding carboxylic acids is 1. The maximum atomic E-state index is 12.4. The number of carbonyl (C=O) groups is 1. The van der Waals surface area contributed by atoms with Gasteiger partial charge in [0.25, 0.3) is 0 Å². The van der Waals surface area contributed by atoms with E-state index >= 15 is 0 Å². The number of rotatable bonds is 8. The maximum Gasteiger partial charge on any atom is 0.226 e. The number of nitrogens with zero attached hydrogens (tertiary/aromatic N) is 5. The van der Waals surface area contributed by atoms with Gasteiger partial charge in [0.1, 0.15) is 17.3 Å². The third-order valence-electron chi connectivity index (χ3n) is 4.69. The van der Waals surface area contributed by atoms with E-state index in [0.29, 0.717) is 48.2 Å². The van der Waals surface area contributed by atoms with Gasteiger partial charge in [0.15, 0.2) is 0 Å². The second kappa shape index (κ2) is 9.21. The minimum atomic E-state index is -0.111. The number of aryl methyl sites for hydroxylation is 2. The van der Waals surface area contributed by atoms with Crippen LogP contribution in [0.1, 0.15) is 18.7 Å². The summed E-state index contributed by atoms with van der Waals surface area (Å²) < 4.78 is 12.3. The number of aromatic nitrogens is 5. The average molecular weight is 418 g/mol. The highest BCUT2D eigenvalue weighted by Gasteiger charge is 2.14. The van der Waals surface area contributed by atoms with Gasteiger partial charge < -0.3 is 14.6 Å². The molecule has 0 unspecified atom stereocenters. The van der Waals surface area contributed by atoms with Crippen molar-refractivity contribution < 1.29 is 14.1 Å². The fraction of sp³-hybridized carbons (Fsp3) is 0.227. The van der Waals surface area contributed by atoms with Gasteiger partial charge in [-0.05, 0) is 30.7 Å². The first-order chi connectivity index (χ1) is 15.1. The summed E-state index contributed by atoms with van der Waals surface area (Å²) in [5.41, 5.74) is 2.21. The van der Waals surface area contributed by atoms with Gasteiger partial charge in [0.2, 0.25) is 17.6 Å². The molecule has 9 heteroatoms. The number of methoxy groups -OCH3 is 1. The maximum absolute atomic E-state index is 12.4. The van der Waals surface area contributed by atoms with E-state index in [2.05, 4.69) is 25.5 Å². The lowest BCUT2D eigenvalue weighted by Crippen LogP contribution is -2.14. The summed E-state index contributed by atoms with van der Waals surface area (Å²) in [7, 11) is 3.37. The quantitative estimate of drug-likeness (QED) is 0.466. The van der Waals surface area contributed by atoms with E-state index in [-0.39, 0.29) is 5.91 Å². The van der Waals surface area contributed by atoms with Crippen molar-refractivity contribution in [1.29, 1.82) is 0 Å². The van der Waals surface area contributed by atoms with Crippen molar-refractivity contribution in [2.24, 2.45) is 7.05 Å². The lowest BCUT2D eigenvalue weighted by molar-refractivity contribution is -0.116. The normalized spacial score (nSPS) is 10.8. The SMILES string of the molecule is COc1ccccc1-c1noc(CCCC(=O)Nc2cc(-c3ccccn3)nn2C)n1. The van der Waals surface area contributed by atoms with Crippen LogP contribution in [-0.2, 0) is 18.3 Å². The Morgan fingerprint density at radius 1 is 1.16 bits per heavy atom. The van der Waals surface area contributed by atoms with Crippen LogP contribution >= 0.6 is 0 Å². The molecule has 158 valence electrons. The fourth-order valence-electron chi connectivity index (χ4n) is 3.12. The van der Waals surface area contributed by atoms with Gasteiger partial charge in [-0.3, -0.25) is 14.5 Å². The Hall–Kier alpha value is -4.01. The van der Waals surface area contributed by atoms with Crippen LogP contribution in [0.15, 0.2) is 59.3 Å². The molecular formula is C22H22N6O3. The molecule has 31 heavy (non-hydrogen) atoms. The Morgan fingerprint density at radius 2 is 2.00 bits per heavy atom. The number of hydrogen-bond donors (Lipinski definition) is 1. The molecule has 9 nitrogen and oxygen atoms in total. The van der Waals surface area contributed by atoms with Crippen LogP contribution in [0.5, 0.6) is 5.75 Å². The van der Waals surface area contributed by atoms with Crippen molar-refractivity contribution in [2.75, 3.05) is 12.4 Å². The van der Waals surface area contributed by atoms with E-state index in [4.69, 9.17) is 9.26 Å². The zero-order valence-corrected chi connectivity index (χ0v) is 17.3. The van der Waals surface area contributed by atoms with Gasteiger partial charge in [0, 0.05) is 32.2 Å². The first-order valence-electron chi connectivity index (χ1n) is 9.85. The molecule has 1 amide bonds. The van der Waals surface area contributed by atoms with Crippen molar-refractivity contribution in [3.8, 4) is 28.5 Å². The van der Waals surface area contributed by atoms with E-state index in [1.54, 1.807) is 31.1 Å². The molecule has 0 radical (unpaired) electrons. The van der Waals surface area contributed by atoms with Gasteiger partial charge in [-0.2, -0.15) is 10.1 Å². The molecule has 3 aromatic heterocycles. The molecule has 0 aliphatic heterocycles. The van der Waals surface area contributed by atoms with Crippen LogP contribution in [0.25, 0.3) is 22.8 Å². The molecule has 0 bridgehead atoms. The Labute approximate surface area is 179 Å². The monoisotopic (exact) mass is 418 g/mol. The first kappa shape index (κ1) is 20.3. The lowest BCUT2D eigenvalue weighted by Gasteiger charge is -2.04. The molecule has 0 aliphatic rings. The summed E-state index contributed by atoms with van der Waals surface area (Å²) >= 11 is 0. The fourth-order valence-corrected chi connectivity index (χ4v) is 3.12. The zero-order valence-electron chi connectivity index (χ0n) is 17.3. The van der Waals surface area contributed by atoms with Gasteiger partial charge in [-0.1, -0.05) is 23.4 Å². The Bertz CT molecular complexity index is 1170. The van der Waals surface area contributed by atoms with Crippen molar-refractivity contribution in [1.82, 2.24) is 24.9 Å². The van der Waals surface area contributed by atoms with E-state index in [0.717, 1.165) is 11.3 Å². The molecule has 3 heterocycles. The molecule has 1 aromatic carbocycles. The van der Waals surface area contributed by atoms with Gasteiger partial charge in [0.05, 0.1) is 18.4 Å². The molecule has 0 fully saturated rings. The number of ether oxygens (including phenoxy) is 1. The number of amides is 1. The number of benzene rings is 1. The van der Waals surface area contributed by atoms with E-state index < -0.39 is 0 Å². The van der Waals surface area contributed by atoms with Crippen molar-refractivity contribution in [3.63, 3.8) is 0 Å². The Balaban J connectivity index is 1.31. The van der Waals surface area contributed by atoms with Gasteiger partial charge in [-0.15, -0.1) is 0 Å². The highest BCUT2D eigenvalue weighted by Crippen LogP contribution is 2.27. The molecular weight excluding hydrogens is 396 g/mol. The van der Waals surface area contributed by atoms with Gasteiger partial charge >= 0.3 is 0 Å². The highest BCUT2D eigenvalue weighted by molar-refractivity contribution is 5.90. The molecule has 0 saturated carbocycles. The molecule has 0 saturated heterocycles. The third kappa shape index (κ3) is 4.77. The van der Waals surface area contributed by atoms with Crippen LogP contribution in [0.2, 0.25) is 0 Å². The molecule has 0 spiro atoms. The molecule has 0 aliphatic carbocycles. The lowest BCUT2D eigenvalue weighted by atomic mass is 10.2. The summed E-state index contributed by atoms with van der Waals surface area (Å²) in [6.45, 7) is 0. The number of para-hydroxylation sites is 1. The predicted octanol–water partition coefficient (Wildman–Crippen LogP) is 3.50. The molecule has 0 atom stereocenters. The van der Waals surface area contributed by atoms with Crippen LogP contribution in [0.4, 0.5) is 5.82 Å². The first-order valence-corrected chi connectivity index (χ1v) is 9.85. The van der Waals surface area contributed by atoms with Crippen molar-refractivity contribution >= 4 is 11.7 Å². The molecule has 4 rings (SSSR count). The summed E-state index contributed by atoms with van der Waals surface area (Å²) in [5.74, 6) is 2.12. The Kier molecular flexibility index (Phi) is 6.02. The van der Waals surface area contributed by atoms with Crippen molar-refractivity contribution in [3.05, 3.63) is 60.6 Å². The number of pyridine rings is 1. The Morgan fingerprint density at radius 3 is 2.81 bits per heavy atom. The molecule has 4 aromatic rings. The average Bonchev–Trinajstić information content (AvgIpc) is 3.41. The van der Waals surface area contributed by atoms with Crippen LogP contribution < -0.4 is 10.1 Å².